The van der Waals surface area contributed by atoms with Crippen molar-refractivity contribution < 1.29 is 14.3 Å². The van der Waals surface area contributed by atoms with Crippen molar-refractivity contribution in [1.82, 2.24) is 29.6 Å². The molecule has 33 heavy (non-hydrogen) atoms. The summed E-state index contributed by atoms with van der Waals surface area (Å²) in [5.74, 6) is 2.10. The molecule has 1 aliphatic rings. The molecule has 5 rings (SSSR count). The zero-order valence-corrected chi connectivity index (χ0v) is 18.6. The topological polar surface area (TPSA) is 108 Å². The summed E-state index contributed by atoms with van der Waals surface area (Å²) in [4.78, 5) is 12.7. The van der Waals surface area contributed by atoms with Gasteiger partial charge >= 0.3 is 0 Å². The highest BCUT2D eigenvalue weighted by molar-refractivity contribution is 5.95. The van der Waals surface area contributed by atoms with Crippen molar-refractivity contribution in [2.45, 2.75) is 26.2 Å². The Kier molecular flexibility index (Phi) is 5.04. The number of fused-ring (bicyclic) bond motifs is 2. The molecule has 0 saturated carbocycles. The van der Waals surface area contributed by atoms with E-state index in [-0.39, 0.29) is 11.8 Å². The van der Waals surface area contributed by atoms with Gasteiger partial charge in [-0.1, -0.05) is 12.6 Å². The molecule has 1 N–H and O–H groups in total. The number of aryl methyl sites for hydroxylation is 1. The molecule has 1 atom stereocenters. The summed E-state index contributed by atoms with van der Waals surface area (Å²) < 4.78 is 14.6. The summed E-state index contributed by atoms with van der Waals surface area (Å²) >= 11 is 0. The summed E-state index contributed by atoms with van der Waals surface area (Å²) in [5.41, 5.74) is 4.23. The number of amides is 1. The second kappa shape index (κ2) is 8.05. The fourth-order valence-corrected chi connectivity index (χ4v) is 4.05. The zero-order valence-electron chi connectivity index (χ0n) is 18.6. The molecule has 0 fully saturated rings. The van der Waals surface area contributed by atoms with Crippen molar-refractivity contribution in [1.29, 1.82) is 0 Å². The number of methoxy groups -OCH3 is 1. The molecule has 0 spiro atoms. The van der Waals surface area contributed by atoms with Crippen molar-refractivity contribution in [2.24, 2.45) is 0 Å². The van der Waals surface area contributed by atoms with Gasteiger partial charge in [-0.15, -0.1) is 15.3 Å². The van der Waals surface area contributed by atoms with Gasteiger partial charge in [-0.25, -0.2) is 0 Å². The van der Waals surface area contributed by atoms with Crippen LogP contribution in [0.25, 0.3) is 11.5 Å². The van der Waals surface area contributed by atoms with E-state index in [9.17, 15) is 4.79 Å². The Balaban J connectivity index is 1.57. The highest BCUT2D eigenvalue weighted by Gasteiger charge is 2.33. The van der Waals surface area contributed by atoms with Crippen molar-refractivity contribution in [3.8, 4) is 17.3 Å². The first-order valence-corrected chi connectivity index (χ1v) is 10.5. The third kappa shape index (κ3) is 3.69. The number of carbonyl (C=O) groups excluding carboxylic acids is 1. The Morgan fingerprint density at radius 2 is 2.09 bits per heavy atom. The van der Waals surface area contributed by atoms with E-state index >= 15 is 0 Å². The van der Waals surface area contributed by atoms with Crippen LogP contribution >= 0.6 is 0 Å². The standard InChI is InChI=1S/C23H23N7O3/c1-13(2)11-33-17-6-5-15(9-18(17)32-4)16-10-21(31)25-23-22(16)14(3)27-30(23)20-8-7-19-26-24-12-29(19)28-20/h5-9,12,16H,1,10-11H2,2-4H3,(H,25,31)/t16-/m0/s1. The van der Waals surface area contributed by atoms with Crippen LogP contribution in [0.1, 0.15) is 36.1 Å². The Morgan fingerprint density at radius 3 is 2.88 bits per heavy atom. The zero-order chi connectivity index (χ0) is 23.1. The predicted molar refractivity (Wildman–Crippen MR) is 121 cm³/mol. The monoisotopic (exact) mass is 445 g/mol. The van der Waals surface area contributed by atoms with Gasteiger partial charge in [0.25, 0.3) is 0 Å². The molecule has 168 valence electrons. The third-order valence-corrected chi connectivity index (χ3v) is 5.53. The first-order valence-electron chi connectivity index (χ1n) is 10.5. The van der Waals surface area contributed by atoms with Crippen molar-refractivity contribution in [2.75, 3.05) is 19.0 Å². The maximum absolute atomic E-state index is 12.7. The smallest absolute Gasteiger partial charge is 0.226 e. The number of carbonyl (C=O) groups is 1. The molecule has 1 aliphatic heterocycles. The van der Waals surface area contributed by atoms with E-state index in [0.717, 1.165) is 22.4 Å². The Morgan fingerprint density at radius 1 is 1.24 bits per heavy atom. The van der Waals surface area contributed by atoms with Crippen molar-refractivity contribution in [3.63, 3.8) is 0 Å². The molecule has 1 aromatic carbocycles. The van der Waals surface area contributed by atoms with Gasteiger partial charge in [-0.05, 0) is 49.2 Å². The van der Waals surface area contributed by atoms with Crippen LogP contribution in [0.2, 0.25) is 0 Å². The molecule has 4 aromatic rings. The molecule has 4 heterocycles. The summed E-state index contributed by atoms with van der Waals surface area (Å²) in [6, 6.07) is 9.34. The lowest BCUT2D eigenvalue weighted by molar-refractivity contribution is -0.116. The predicted octanol–water partition coefficient (Wildman–Crippen LogP) is 3.06. The molecule has 0 radical (unpaired) electrons. The van der Waals surface area contributed by atoms with E-state index in [1.54, 1.807) is 28.4 Å². The quantitative estimate of drug-likeness (QED) is 0.454. The Hall–Kier alpha value is -4.21. The van der Waals surface area contributed by atoms with Gasteiger partial charge in [-0.3, -0.25) is 4.79 Å². The highest BCUT2D eigenvalue weighted by atomic mass is 16.5. The second-order valence-corrected chi connectivity index (χ2v) is 8.05. The second-order valence-electron chi connectivity index (χ2n) is 8.05. The number of ether oxygens (including phenoxy) is 2. The van der Waals surface area contributed by atoms with Crippen LogP contribution in [0, 0.1) is 6.92 Å². The number of anilines is 1. The summed E-state index contributed by atoms with van der Waals surface area (Å²) in [6.45, 7) is 8.10. The lowest BCUT2D eigenvalue weighted by Gasteiger charge is -2.25. The third-order valence-electron chi connectivity index (χ3n) is 5.53. The molecule has 1 amide bonds. The minimum atomic E-state index is -0.190. The van der Waals surface area contributed by atoms with Gasteiger partial charge in [-0.2, -0.15) is 14.3 Å². The van der Waals surface area contributed by atoms with Gasteiger partial charge in [0.15, 0.2) is 23.0 Å². The van der Waals surface area contributed by atoms with E-state index < -0.39 is 0 Å². The number of nitrogens with one attached hydrogen (secondary N) is 1. The molecule has 3 aromatic heterocycles. The minimum absolute atomic E-state index is 0.0967. The number of nitrogens with zero attached hydrogens (tertiary/aromatic N) is 6. The van der Waals surface area contributed by atoms with E-state index in [2.05, 4.69) is 27.2 Å². The normalized spacial score (nSPS) is 15.2. The SMILES string of the molecule is C=C(C)COc1ccc([C@@H]2CC(=O)Nc3c2c(C)nn3-c2ccc3nncn3n2)cc1OC. The van der Waals surface area contributed by atoms with Gasteiger partial charge in [0.2, 0.25) is 5.91 Å². The summed E-state index contributed by atoms with van der Waals surface area (Å²) in [6.07, 6.45) is 1.82. The minimum Gasteiger partial charge on any atom is -0.493 e. The molecule has 0 bridgehead atoms. The van der Waals surface area contributed by atoms with Crippen LogP contribution in [-0.4, -0.2) is 49.2 Å². The van der Waals surface area contributed by atoms with Gasteiger partial charge < -0.3 is 14.8 Å². The van der Waals surface area contributed by atoms with Crippen molar-refractivity contribution in [3.05, 3.63) is 65.6 Å². The van der Waals surface area contributed by atoms with Crippen LogP contribution in [0.4, 0.5) is 5.82 Å². The van der Waals surface area contributed by atoms with Gasteiger partial charge in [0.1, 0.15) is 18.8 Å². The van der Waals surface area contributed by atoms with Gasteiger partial charge in [0, 0.05) is 17.9 Å². The van der Waals surface area contributed by atoms with E-state index in [1.807, 2.05) is 32.0 Å². The van der Waals surface area contributed by atoms with Crippen molar-refractivity contribution >= 4 is 17.4 Å². The van der Waals surface area contributed by atoms with Crippen LogP contribution in [0.3, 0.4) is 0 Å². The average molecular weight is 445 g/mol. The fraction of sp³-hybridized carbons (Fsp3) is 0.261. The first kappa shape index (κ1) is 20.7. The molecule has 10 nitrogen and oxygen atoms in total. The largest absolute Gasteiger partial charge is 0.493 e. The summed E-state index contributed by atoms with van der Waals surface area (Å²) in [7, 11) is 1.60. The van der Waals surface area contributed by atoms with Crippen LogP contribution in [-0.2, 0) is 4.79 Å². The number of benzene rings is 1. The number of hydrogen-bond donors (Lipinski definition) is 1. The van der Waals surface area contributed by atoms with Gasteiger partial charge in [0.05, 0.1) is 12.8 Å². The summed E-state index contributed by atoms with van der Waals surface area (Å²) in [5, 5.41) is 20.0. The van der Waals surface area contributed by atoms with E-state index in [4.69, 9.17) is 14.6 Å². The molecule has 0 unspecified atom stereocenters. The Bertz CT molecular complexity index is 1390. The molecular formula is C23H23N7O3. The number of rotatable bonds is 6. The van der Waals surface area contributed by atoms with Crippen LogP contribution in [0.5, 0.6) is 11.5 Å². The van der Waals surface area contributed by atoms with E-state index in [1.165, 1.54) is 6.33 Å². The highest BCUT2D eigenvalue weighted by Crippen LogP contribution is 2.42. The fourth-order valence-electron chi connectivity index (χ4n) is 4.05. The maximum Gasteiger partial charge on any atom is 0.226 e. The maximum atomic E-state index is 12.7. The molecule has 0 saturated heterocycles. The Labute approximate surface area is 189 Å². The number of hydrogen-bond acceptors (Lipinski definition) is 7. The average Bonchev–Trinajstić information content (AvgIpc) is 3.40. The number of aromatic nitrogens is 6. The molecule has 10 heteroatoms. The first-order chi connectivity index (χ1) is 15.9. The lowest BCUT2D eigenvalue weighted by Crippen LogP contribution is -2.25. The lowest BCUT2D eigenvalue weighted by atomic mass is 9.85. The molecule has 0 aliphatic carbocycles. The molecular weight excluding hydrogens is 422 g/mol. The van der Waals surface area contributed by atoms with Crippen LogP contribution in [0.15, 0.2) is 48.8 Å². The van der Waals surface area contributed by atoms with E-state index in [0.29, 0.717) is 41.8 Å². The van der Waals surface area contributed by atoms with Crippen LogP contribution < -0.4 is 14.8 Å².